The number of hydrogen-bond acceptors (Lipinski definition) is 3. The van der Waals surface area contributed by atoms with Crippen molar-refractivity contribution in [2.24, 2.45) is 0 Å². The van der Waals surface area contributed by atoms with Gasteiger partial charge in [-0.1, -0.05) is 6.08 Å². The van der Waals surface area contributed by atoms with E-state index in [1.54, 1.807) is 24.3 Å². The quantitative estimate of drug-likeness (QED) is 0.821. The molecule has 1 aromatic rings. The monoisotopic (exact) mass is 303 g/mol. The zero-order valence-corrected chi connectivity index (χ0v) is 11.4. The Kier molecular flexibility index (Phi) is 5.73. The first-order chi connectivity index (χ1) is 7.65. The Morgan fingerprint density at radius 1 is 1.81 bits per heavy atom. The Morgan fingerprint density at radius 3 is 3.12 bits per heavy atom. The number of amides is 1. The molecule has 1 amide bonds. The molecule has 0 bridgehead atoms. The second-order valence-corrected chi connectivity index (χ2v) is 5.03. The first-order valence-electron chi connectivity index (χ1n) is 4.87. The number of carbonyl (C=O) groups is 1. The number of ether oxygens (including phenoxy) is 1. The van der Waals surface area contributed by atoms with Crippen molar-refractivity contribution in [1.29, 1.82) is 0 Å². The molecule has 5 heteroatoms. The van der Waals surface area contributed by atoms with E-state index in [0.717, 1.165) is 9.35 Å². The fraction of sp³-hybridized carbons (Fsp3) is 0.364. The van der Waals surface area contributed by atoms with E-state index >= 15 is 0 Å². The first-order valence-corrected chi connectivity index (χ1v) is 6.54. The third-order valence-corrected chi connectivity index (χ3v) is 3.87. The van der Waals surface area contributed by atoms with Crippen molar-refractivity contribution < 1.29 is 9.53 Å². The normalized spacial score (nSPS) is 12.1. The summed E-state index contributed by atoms with van der Waals surface area (Å²) < 4.78 is 6.24. The molecule has 0 saturated carbocycles. The van der Waals surface area contributed by atoms with E-state index in [1.807, 2.05) is 11.4 Å². The third kappa shape index (κ3) is 4.08. The molecule has 16 heavy (non-hydrogen) atoms. The molecule has 1 N–H and O–H groups in total. The predicted octanol–water partition coefficient (Wildman–Crippen LogP) is 2.72. The van der Waals surface area contributed by atoms with Gasteiger partial charge in [-0.15, -0.1) is 17.9 Å². The van der Waals surface area contributed by atoms with Crippen molar-refractivity contribution in [1.82, 2.24) is 5.32 Å². The van der Waals surface area contributed by atoms with Gasteiger partial charge in [0.1, 0.15) is 6.10 Å². The summed E-state index contributed by atoms with van der Waals surface area (Å²) in [4.78, 5) is 12.7. The second-order valence-electron chi connectivity index (χ2n) is 3.17. The highest BCUT2D eigenvalue weighted by atomic mass is 79.9. The maximum atomic E-state index is 11.6. The molecule has 1 rings (SSSR count). The molecule has 1 heterocycles. The lowest BCUT2D eigenvalue weighted by Crippen LogP contribution is -2.34. The lowest BCUT2D eigenvalue weighted by molar-refractivity contribution is -0.131. The van der Waals surface area contributed by atoms with E-state index in [-0.39, 0.29) is 5.91 Å². The summed E-state index contributed by atoms with van der Waals surface area (Å²) in [6, 6.07) is 1.96. The van der Waals surface area contributed by atoms with E-state index in [9.17, 15) is 4.79 Å². The maximum absolute atomic E-state index is 11.6. The Bertz CT molecular complexity index is 365. The van der Waals surface area contributed by atoms with Crippen LogP contribution < -0.4 is 5.32 Å². The molecule has 0 spiro atoms. The van der Waals surface area contributed by atoms with E-state index in [0.29, 0.717) is 13.2 Å². The highest BCUT2D eigenvalue weighted by Crippen LogP contribution is 2.22. The fourth-order valence-corrected chi connectivity index (χ4v) is 2.48. The van der Waals surface area contributed by atoms with Crippen molar-refractivity contribution in [3.63, 3.8) is 0 Å². The lowest BCUT2D eigenvalue weighted by Gasteiger charge is -2.11. The van der Waals surface area contributed by atoms with Gasteiger partial charge in [0, 0.05) is 9.35 Å². The number of thiophene rings is 1. The zero-order valence-electron chi connectivity index (χ0n) is 9.03. The lowest BCUT2D eigenvalue weighted by atomic mass is 10.3. The smallest absolute Gasteiger partial charge is 0.249 e. The fourth-order valence-electron chi connectivity index (χ4n) is 1.05. The van der Waals surface area contributed by atoms with Crippen LogP contribution in [0.1, 0.15) is 11.8 Å². The number of halogens is 1. The standard InChI is InChI=1S/C11H14BrNO2S/c1-3-5-15-8(2)11(14)13-7-10-9(12)4-6-16-10/h3-4,6,8H,1,5,7H2,2H3,(H,13,14)/t8-/m0/s1. The van der Waals surface area contributed by atoms with Crippen LogP contribution in [-0.2, 0) is 16.1 Å². The third-order valence-electron chi connectivity index (χ3n) is 1.95. The van der Waals surface area contributed by atoms with Gasteiger partial charge in [-0.2, -0.15) is 0 Å². The molecule has 0 fully saturated rings. The minimum absolute atomic E-state index is 0.109. The molecular weight excluding hydrogens is 290 g/mol. The minimum atomic E-state index is -0.447. The Morgan fingerprint density at radius 2 is 2.56 bits per heavy atom. The molecule has 0 unspecified atom stereocenters. The summed E-state index contributed by atoms with van der Waals surface area (Å²) in [5.41, 5.74) is 0. The Labute approximate surface area is 108 Å². The minimum Gasteiger partial charge on any atom is -0.365 e. The van der Waals surface area contributed by atoms with Gasteiger partial charge in [-0.3, -0.25) is 4.79 Å². The average Bonchev–Trinajstić information content (AvgIpc) is 2.68. The zero-order chi connectivity index (χ0) is 12.0. The molecule has 0 saturated heterocycles. The highest BCUT2D eigenvalue weighted by Gasteiger charge is 2.12. The van der Waals surface area contributed by atoms with Crippen molar-refractivity contribution in [2.75, 3.05) is 6.61 Å². The van der Waals surface area contributed by atoms with Crippen LogP contribution in [0.15, 0.2) is 28.6 Å². The number of nitrogens with one attached hydrogen (secondary N) is 1. The molecule has 88 valence electrons. The summed E-state index contributed by atoms with van der Waals surface area (Å²) >= 11 is 5.01. The molecule has 1 atom stereocenters. The number of carbonyl (C=O) groups excluding carboxylic acids is 1. The molecule has 0 aliphatic carbocycles. The Hall–Kier alpha value is -0.650. The van der Waals surface area contributed by atoms with E-state index in [1.165, 1.54) is 0 Å². The number of hydrogen-bond donors (Lipinski definition) is 1. The summed E-state index contributed by atoms with van der Waals surface area (Å²) in [6.45, 7) is 6.17. The predicted molar refractivity (Wildman–Crippen MR) is 69.5 cm³/mol. The van der Waals surface area contributed by atoms with Crippen molar-refractivity contribution >= 4 is 33.2 Å². The van der Waals surface area contributed by atoms with Gasteiger partial charge in [-0.05, 0) is 34.3 Å². The van der Waals surface area contributed by atoms with Crippen LogP contribution in [0.25, 0.3) is 0 Å². The summed E-state index contributed by atoms with van der Waals surface area (Å²) in [5, 5.41) is 4.79. The SMILES string of the molecule is C=CCO[C@@H](C)C(=O)NCc1sccc1Br. The topological polar surface area (TPSA) is 38.3 Å². The van der Waals surface area contributed by atoms with Crippen LogP contribution in [0.2, 0.25) is 0 Å². The summed E-state index contributed by atoms with van der Waals surface area (Å²) in [7, 11) is 0. The molecule has 0 aliphatic rings. The van der Waals surface area contributed by atoms with E-state index in [2.05, 4.69) is 27.8 Å². The Balaban J connectivity index is 2.35. The molecule has 0 radical (unpaired) electrons. The van der Waals surface area contributed by atoms with Crippen LogP contribution in [-0.4, -0.2) is 18.6 Å². The van der Waals surface area contributed by atoms with Crippen LogP contribution in [0.4, 0.5) is 0 Å². The van der Waals surface area contributed by atoms with Gasteiger partial charge in [0.25, 0.3) is 0 Å². The van der Waals surface area contributed by atoms with Gasteiger partial charge in [0.05, 0.1) is 13.2 Å². The van der Waals surface area contributed by atoms with E-state index in [4.69, 9.17) is 4.74 Å². The van der Waals surface area contributed by atoms with Crippen LogP contribution >= 0.6 is 27.3 Å². The second kappa shape index (κ2) is 6.83. The van der Waals surface area contributed by atoms with Gasteiger partial charge in [-0.25, -0.2) is 0 Å². The molecular formula is C11H14BrNO2S. The van der Waals surface area contributed by atoms with Gasteiger partial charge in [0.2, 0.25) is 5.91 Å². The van der Waals surface area contributed by atoms with Crippen LogP contribution in [0, 0.1) is 0 Å². The van der Waals surface area contributed by atoms with Crippen molar-refractivity contribution in [2.45, 2.75) is 19.6 Å². The molecule has 0 aliphatic heterocycles. The molecule has 1 aromatic heterocycles. The van der Waals surface area contributed by atoms with Crippen molar-refractivity contribution in [3.05, 3.63) is 33.5 Å². The van der Waals surface area contributed by atoms with Gasteiger partial charge >= 0.3 is 0 Å². The summed E-state index contributed by atoms with van der Waals surface area (Å²) in [5.74, 6) is -0.109. The average molecular weight is 304 g/mol. The van der Waals surface area contributed by atoms with Crippen LogP contribution in [0.3, 0.4) is 0 Å². The number of rotatable bonds is 6. The van der Waals surface area contributed by atoms with E-state index < -0.39 is 6.10 Å². The van der Waals surface area contributed by atoms with Gasteiger partial charge < -0.3 is 10.1 Å². The first kappa shape index (κ1) is 13.4. The van der Waals surface area contributed by atoms with Crippen molar-refractivity contribution in [3.8, 4) is 0 Å². The van der Waals surface area contributed by atoms with Gasteiger partial charge in [0.15, 0.2) is 0 Å². The largest absolute Gasteiger partial charge is 0.365 e. The molecule has 0 aromatic carbocycles. The summed E-state index contributed by atoms with van der Waals surface area (Å²) in [6.07, 6.45) is 1.18. The molecule has 3 nitrogen and oxygen atoms in total. The van der Waals surface area contributed by atoms with Crippen LogP contribution in [0.5, 0.6) is 0 Å². The maximum Gasteiger partial charge on any atom is 0.249 e. The highest BCUT2D eigenvalue weighted by molar-refractivity contribution is 9.10.